The molecule has 0 saturated heterocycles. The van der Waals surface area contributed by atoms with Crippen LogP contribution < -0.4 is 0 Å². The van der Waals surface area contributed by atoms with Gasteiger partial charge in [0.25, 0.3) is 0 Å². The summed E-state index contributed by atoms with van der Waals surface area (Å²) in [6.45, 7) is 3.91. The van der Waals surface area contributed by atoms with Crippen molar-refractivity contribution in [3.63, 3.8) is 0 Å². The zero-order valence-electron chi connectivity index (χ0n) is 7.08. The van der Waals surface area contributed by atoms with Gasteiger partial charge in [0.2, 0.25) is 0 Å². The molecule has 0 amide bonds. The van der Waals surface area contributed by atoms with Crippen molar-refractivity contribution >= 4 is 0 Å². The van der Waals surface area contributed by atoms with Gasteiger partial charge in [-0.25, -0.2) is 18.6 Å². The third-order valence-corrected chi connectivity index (χ3v) is 1.59. The molecule has 0 unspecified atom stereocenters. The minimum absolute atomic E-state index is 0. The van der Waals surface area contributed by atoms with Gasteiger partial charge in [-0.1, -0.05) is 12.8 Å². The predicted molar refractivity (Wildman–Crippen MR) is 47.5 cm³/mol. The zero-order chi connectivity index (χ0) is 6.53. The summed E-state index contributed by atoms with van der Waals surface area (Å²) in [6, 6.07) is 0. The van der Waals surface area contributed by atoms with Crippen LogP contribution >= 0.6 is 0 Å². The minimum Gasteiger partial charge on any atom is -0.358 e. The van der Waals surface area contributed by atoms with Crippen LogP contribution in [0.1, 0.15) is 25.7 Å². The molecule has 1 rings (SSSR count). The third kappa shape index (κ3) is 6.44. The monoisotopic (exact) mass is 331 g/mol. The fourth-order valence-electron chi connectivity index (χ4n) is 0.998. The van der Waals surface area contributed by atoms with Crippen molar-refractivity contribution in [1.29, 1.82) is 0 Å². The molecule has 1 aliphatic rings. The molecule has 0 heterocycles. The first-order chi connectivity index (χ1) is 4.39. The quantitative estimate of drug-likeness (QED) is 0.598. The van der Waals surface area contributed by atoms with E-state index in [-0.39, 0.29) is 28.5 Å². The fourth-order valence-corrected chi connectivity index (χ4v) is 0.998. The average molecular weight is 331 g/mol. The second-order valence-electron chi connectivity index (χ2n) is 2.50. The van der Waals surface area contributed by atoms with E-state index in [0.717, 1.165) is 0 Å². The Labute approximate surface area is 85.0 Å². The molecule has 0 aromatic carbocycles. The summed E-state index contributed by atoms with van der Waals surface area (Å²) in [5.74, 6) is 0. The number of allylic oxidation sites excluding steroid dienone is 4. The van der Waals surface area contributed by atoms with Crippen molar-refractivity contribution in [1.82, 2.24) is 0 Å². The molecule has 0 atom stereocenters. The predicted octanol–water partition coefficient (Wildman–Crippen LogP) is 3.32. The molecule has 0 spiro atoms. The van der Waals surface area contributed by atoms with Gasteiger partial charge in [-0.2, -0.15) is 0 Å². The van der Waals surface area contributed by atoms with Gasteiger partial charge in [-0.3, -0.25) is 0 Å². The average Bonchev–Trinajstić information content (AvgIpc) is 1.79. The molecule has 0 aromatic rings. The summed E-state index contributed by atoms with van der Waals surface area (Å²) in [4.78, 5) is 0. The Balaban J connectivity index is 0. The van der Waals surface area contributed by atoms with Crippen LogP contribution in [-0.4, -0.2) is 0 Å². The molecule has 1 heteroatoms. The van der Waals surface area contributed by atoms with Crippen LogP contribution in [0.5, 0.6) is 0 Å². The molecule has 11 heavy (non-hydrogen) atoms. The molecule has 0 aliphatic heterocycles. The van der Waals surface area contributed by atoms with Gasteiger partial charge >= 0.3 is 21.1 Å². The third-order valence-electron chi connectivity index (χ3n) is 1.59. The summed E-state index contributed by atoms with van der Waals surface area (Å²) in [6.07, 6.45) is 11.5. The number of hydrogen-bond donors (Lipinski definition) is 0. The molecule has 0 radical (unpaired) electrons. The van der Waals surface area contributed by atoms with Crippen molar-refractivity contribution in [2.24, 2.45) is 0 Å². The van der Waals surface area contributed by atoms with Gasteiger partial charge in [-0.15, -0.1) is 12.2 Å². The second kappa shape index (κ2) is 8.14. The summed E-state index contributed by atoms with van der Waals surface area (Å²) >= 11 is 0. The Morgan fingerprint density at radius 2 is 2.00 bits per heavy atom. The van der Waals surface area contributed by atoms with E-state index in [9.17, 15) is 0 Å². The first-order valence-corrected chi connectivity index (χ1v) is 3.57. The van der Waals surface area contributed by atoms with Crippen LogP contribution in [0.25, 0.3) is 0 Å². The summed E-state index contributed by atoms with van der Waals surface area (Å²) in [7, 11) is 0. The van der Waals surface area contributed by atoms with E-state index >= 15 is 0 Å². The van der Waals surface area contributed by atoms with Crippen molar-refractivity contribution in [2.75, 3.05) is 0 Å². The van der Waals surface area contributed by atoms with Gasteiger partial charge in [0.1, 0.15) is 0 Å². The maximum atomic E-state index is 3.91. The van der Waals surface area contributed by atoms with Crippen LogP contribution in [0.4, 0.5) is 0 Å². The number of hydrogen-bond acceptors (Lipinski definition) is 0. The minimum atomic E-state index is 0. The van der Waals surface area contributed by atoms with E-state index < -0.39 is 0 Å². The van der Waals surface area contributed by atoms with E-state index in [1.807, 2.05) is 0 Å². The maximum absolute atomic E-state index is 3.91. The van der Waals surface area contributed by atoms with Gasteiger partial charge in [0.05, 0.1) is 0 Å². The molecule has 0 N–H and O–H groups in total. The van der Waals surface area contributed by atoms with E-state index in [1.165, 1.54) is 31.3 Å². The summed E-state index contributed by atoms with van der Waals surface area (Å²) in [5.41, 5.74) is 1.27. The molecule has 0 bridgehead atoms. The number of rotatable bonds is 0. The van der Waals surface area contributed by atoms with E-state index in [0.29, 0.717) is 0 Å². The molecule has 1 aliphatic carbocycles. The molecule has 0 fully saturated rings. The molecule has 0 nitrogen and oxygen atoms in total. The Hall–Kier alpha value is 0.0383. The van der Waals surface area contributed by atoms with E-state index in [2.05, 4.69) is 25.2 Å². The van der Waals surface area contributed by atoms with Crippen molar-refractivity contribution < 1.29 is 21.1 Å². The van der Waals surface area contributed by atoms with Crippen LogP contribution in [-0.2, 0) is 21.1 Å². The first-order valence-electron chi connectivity index (χ1n) is 3.57. The van der Waals surface area contributed by atoms with Crippen LogP contribution in [0.2, 0.25) is 0 Å². The Morgan fingerprint density at radius 3 is 2.73 bits per heavy atom. The molecule has 0 saturated carbocycles. The van der Waals surface area contributed by atoms with Crippen molar-refractivity contribution in [3.8, 4) is 0 Å². The SMILES string of the molecule is [CH2-]C1=CC=CCCCC1.[CH3-].[Pt+2]. The van der Waals surface area contributed by atoms with Gasteiger partial charge in [0, 0.05) is 0 Å². The molecule has 0 aromatic heterocycles. The van der Waals surface area contributed by atoms with Crippen molar-refractivity contribution in [2.45, 2.75) is 25.7 Å². The van der Waals surface area contributed by atoms with E-state index in [1.54, 1.807) is 0 Å². The summed E-state index contributed by atoms with van der Waals surface area (Å²) < 4.78 is 0. The topological polar surface area (TPSA) is 0 Å². The normalized spacial score (nSPS) is 16.5. The maximum Gasteiger partial charge on any atom is 2.00 e. The van der Waals surface area contributed by atoms with E-state index in [4.69, 9.17) is 0 Å². The standard InChI is InChI=1S/C9H13.CH3.Pt/c1-9-7-5-3-2-4-6-8-9;;/h3,5,7H,1-2,4,6,8H2;1H3;/q2*-1;+2. The van der Waals surface area contributed by atoms with Crippen molar-refractivity contribution in [3.05, 3.63) is 38.2 Å². The Kier molecular flexibility index (Phi) is 10.1. The zero-order valence-corrected chi connectivity index (χ0v) is 9.36. The van der Waals surface area contributed by atoms with Crippen LogP contribution in [0.15, 0.2) is 23.8 Å². The Morgan fingerprint density at radius 1 is 1.27 bits per heavy atom. The van der Waals surface area contributed by atoms with Gasteiger partial charge in [0.15, 0.2) is 0 Å². The molecule has 66 valence electrons. The largest absolute Gasteiger partial charge is 2.00 e. The Bertz CT molecular complexity index is 134. The first kappa shape index (κ1) is 13.6. The smallest absolute Gasteiger partial charge is 0.358 e. The van der Waals surface area contributed by atoms with Gasteiger partial charge in [-0.05, 0) is 12.8 Å². The second-order valence-corrected chi connectivity index (χ2v) is 2.50. The molecular weight excluding hydrogens is 315 g/mol. The fraction of sp³-hybridized carbons (Fsp3) is 0.400. The van der Waals surface area contributed by atoms with Crippen LogP contribution in [0.3, 0.4) is 0 Å². The molecular formula is C10H16Pt. The summed E-state index contributed by atoms with van der Waals surface area (Å²) in [5, 5.41) is 0. The van der Waals surface area contributed by atoms with Crippen LogP contribution in [0, 0.1) is 14.4 Å². The van der Waals surface area contributed by atoms with Gasteiger partial charge < -0.3 is 7.43 Å².